The number of nitrogens with one attached hydrogen (secondary N) is 1. The average Bonchev–Trinajstić information content (AvgIpc) is 3.08. The van der Waals surface area contributed by atoms with Crippen molar-refractivity contribution in [3.63, 3.8) is 0 Å². The first-order valence-electron chi connectivity index (χ1n) is 5.82. The quantitative estimate of drug-likeness (QED) is 0.809. The largest absolute Gasteiger partial charge is 0.496 e. The molecule has 0 spiro atoms. The summed E-state index contributed by atoms with van der Waals surface area (Å²) < 4.78 is 6.22. The maximum absolute atomic E-state index is 5.20. The van der Waals surface area contributed by atoms with Crippen molar-refractivity contribution >= 4 is 15.9 Å². The van der Waals surface area contributed by atoms with Gasteiger partial charge in [-0.2, -0.15) is 0 Å². The van der Waals surface area contributed by atoms with E-state index in [0.29, 0.717) is 0 Å². The highest BCUT2D eigenvalue weighted by Gasteiger charge is 2.19. The van der Waals surface area contributed by atoms with Gasteiger partial charge < -0.3 is 10.1 Å². The summed E-state index contributed by atoms with van der Waals surface area (Å²) in [6, 6.07) is 6.22. The number of benzene rings is 1. The Labute approximate surface area is 106 Å². The minimum Gasteiger partial charge on any atom is -0.496 e. The van der Waals surface area contributed by atoms with Crippen molar-refractivity contribution in [2.45, 2.75) is 25.8 Å². The van der Waals surface area contributed by atoms with Gasteiger partial charge in [0.2, 0.25) is 0 Å². The second kappa shape index (κ2) is 5.69. The molecule has 0 heterocycles. The molecule has 1 aliphatic carbocycles. The zero-order chi connectivity index (χ0) is 11.4. The normalized spacial score (nSPS) is 15.1. The van der Waals surface area contributed by atoms with Crippen LogP contribution in [0, 0.1) is 5.92 Å². The minimum atomic E-state index is 0.890. The zero-order valence-electron chi connectivity index (χ0n) is 9.63. The van der Waals surface area contributed by atoms with Crippen LogP contribution in [0.3, 0.4) is 0 Å². The molecule has 1 aliphatic rings. The summed E-state index contributed by atoms with van der Waals surface area (Å²) >= 11 is 3.50. The fourth-order valence-electron chi connectivity index (χ4n) is 1.77. The highest BCUT2D eigenvalue weighted by molar-refractivity contribution is 9.10. The van der Waals surface area contributed by atoms with E-state index in [2.05, 4.69) is 33.4 Å². The van der Waals surface area contributed by atoms with E-state index in [0.717, 1.165) is 29.2 Å². The molecule has 88 valence electrons. The molecule has 3 heteroatoms. The molecule has 1 fully saturated rings. The topological polar surface area (TPSA) is 21.3 Å². The van der Waals surface area contributed by atoms with Crippen molar-refractivity contribution in [2.24, 2.45) is 5.92 Å². The first-order valence-corrected chi connectivity index (χ1v) is 6.62. The van der Waals surface area contributed by atoms with Crippen LogP contribution < -0.4 is 10.1 Å². The lowest BCUT2D eigenvalue weighted by Gasteiger charge is -2.07. The van der Waals surface area contributed by atoms with Gasteiger partial charge in [0.15, 0.2) is 0 Å². The summed E-state index contributed by atoms with van der Waals surface area (Å²) in [6.45, 7) is 2.07. The number of ether oxygens (including phenoxy) is 1. The maximum atomic E-state index is 5.20. The summed E-state index contributed by atoms with van der Waals surface area (Å²) in [5.74, 6) is 1.90. The molecular weight excluding hydrogens is 266 g/mol. The van der Waals surface area contributed by atoms with E-state index in [1.807, 2.05) is 6.07 Å². The molecule has 0 amide bonds. The Kier molecular flexibility index (Phi) is 4.24. The van der Waals surface area contributed by atoms with E-state index < -0.39 is 0 Å². The lowest BCUT2D eigenvalue weighted by atomic mass is 10.2. The Bertz CT molecular complexity index is 350. The van der Waals surface area contributed by atoms with Crippen LogP contribution in [0.2, 0.25) is 0 Å². The highest BCUT2D eigenvalue weighted by atomic mass is 79.9. The summed E-state index contributed by atoms with van der Waals surface area (Å²) in [4.78, 5) is 0. The third-order valence-electron chi connectivity index (χ3n) is 2.97. The Morgan fingerprint density at radius 3 is 2.88 bits per heavy atom. The van der Waals surface area contributed by atoms with Crippen LogP contribution in [0.4, 0.5) is 0 Å². The van der Waals surface area contributed by atoms with Crippen LogP contribution in [0.25, 0.3) is 0 Å². The Morgan fingerprint density at radius 2 is 2.25 bits per heavy atom. The van der Waals surface area contributed by atoms with Gasteiger partial charge in [-0.25, -0.2) is 0 Å². The van der Waals surface area contributed by atoms with E-state index in [1.54, 1.807) is 7.11 Å². The van der Waals surface area contributed by atoms with Gasteiger partial charge >= 0.3 is 0 Å². The van der Waals surface area contributed by atoms with Gasteiger partial charge in [-0.3, -0.25) is 0 Å². The molecule has 0 radical (unpaired) electrons. The SMILES string of the molecule is COc1ccc(CNCCC2CC2)cc1Br. The average molecular weight is 284 g/mol. The summed E-state index contributed by atoms with van der Waals surface area (Å²) in [7, 11) is 1.69. The molecule has 1 aromatic carbocycles. The van der Waals surface area contributed by atoms with Crippen LogP contribution in [-0.4, -0.2) is 13.7 Å². The van der Waals surface area contributed by atoms with Crippen LogP contribution in [0.15, 0.2) is 22.7 Å². The molecule has 0 aromatic heterocycles. The number of halogens is 1. The molecule has 0 saturated heterocycles. The van der Waals surface area contributed by atoms with Crippen molar-refractivity contribution in [1.82, 2.24) is 5.32 Å². The first-order chi connectivity index (χ1) is 7.79. The van der Waals surface area contributed by atoms with Gasteiger partial charge in [-0.05, 0) is 52.5 Å². The molecule has 1 N–H and O–H groups in total. The van der Waals surface area contributed by atoms with Gasteiger partial charge in [0.25, 0.3) is 0 Å². The molecule has 16 heavy (non-hydrogen) atoms. The fraction of sp³-hybridized carbons (Fsp3) is 0.538. The maximum Gasteiger partial charge on any atom is 0.133 e. The predicted molar refractivity (Wildman–Crippen MR) is 69.7 cm³/mol. The molecule has 0 bridgehead atoms. The summed E-state index contributed by atoms with van der Waals surface area (Å²) in [5, 5.41) is 3.48. The summed E-state index contributed by atoms with van der Waals surface area (Å²) in [5.41, 5.74) is 1.29. The van der Waals surface area contributed by atoms with Crippen molar-refractivity contribution < 1.29 is 4.74 Å². The van der Waals surface area contributed by atoms with E-state index in [9.17, 15) is 0 Å². The van der Waals surface area contributed by atoms with E-state index >= 15 is 0 Å². The molecule has 0 aliphatic heterocycles. The first kappa shape index (κ1) is 11.9. The third-order valence-corrected chi connectivity index (χ3v) is 3.59. The minimum absolute atomic E-state index is 0.890. The van der Waals surface area contributed by atoms with E-state index in [4.69, 9.17) is 4.74 Å². The van der Waals surface area contributed by atoms with Crippen molar-refractivity contribution in [3.8, 4) is 5.75 Å². The molecule has 0 unspecified atom stereocenters. The molecule has 1 saturated carbocycles. The van der Waals surface area contributed by atoms with Gasteiger partial charge in [0.05, 0.1) is 11.6 Å². The number of rotatable bonds is 6. The van der Waals surface area contributed by atoms with Gasteiger partial charge in [0.1, 0.15) is 5.75 Å². The smallest absolute Gasteiger partial charge is 0.133 e. The molecule has 2 nitrogen and oxygen atoms in total. The second-order valence-electron chi connectivity index (χ2n) is 4.38. The lowest BCUT2D eigenvalue weighted by molar-refractivity contribution is 0.412. The molecular formula is C13H18BrNO. The number of hydrogen-bond acceptors (Lipinski definition) is 2. The second-order valence-corrected chi connectivity index (χ2v) is 5.23. The highest BCUT2D eigenvalue weighted by Crippen LogP contribution is 2.31. The Morgan fingerprint density at radius 1 is 1.44 bits per heavy atom. The van der Waals surface area contributed by atoms with Gasteiger partial charge in [-0.15, -0.1) is 0 Å². The standard InChI is InChI=1S/C13H18BrNO/c1-16-13-5-4-11(8-12(13)14)9-15-7-6-10-2-3-10/h4-5,8,10,15H,2-3,6-7,9H2,1H3. The van der Waals surface area contributed by atoms with Crippen molar-refractivity contribution in [2.75, 3.05) is 13.7 Å². The summed E-state index contributed by atoms with van der Waals surface area (Å²) in [6.07, 6.45) is 4.21. The Hall–Kier alpha value is -0.540. The van der Waals surface area contributed by atoms with Crippen molar-refractivity contribution in [3.05, 3.63) is 28.2 Å². The predicted octanol–water partition coefficient (Wildman–Crippen LogP) is 3.35. The van der Waals surface area contributed by atoms with Crippen LogP contribution in [0.1, 0.15) is 24.8 Å². The van der Waals surface area contributed by atoms with Crippen LogP contribution in [0.5, 0.6) is 5.75 Å². The van der Waals surface area contributed by atoms with Gasteiger partial charge in [-0.1, -0.05) is 18.9 Å². The Balaban J connectivity index is 1.77. The lowest BCUT2D eigenvalue weighted by Crippen LogP contribution is -2.15. The van der Waals surface area contributed by atoms with Crippen LogP contribution in [-0.2, 0) is 6.54 Å². The zero-order valence-corrected chi connectivity index (χ0v) is 11.2. The van der Waals surface area contributed by atoms with Crippen LogP contribution >= 0.6 is 15.9 Å². The molecule has 2 rings (SSSR count). The van der Waals surface area contributed by atoms with Crippen molar-refractivity contribution in [1.29, 1.82) is 0 Å². The fourth-order valence-corrected chi connectivity index (χ4v) is 2.35. The monoisotopic (exact) mass is 283 g/mol. The third kappa shape index (κ3) is 3.49. The van der Waals surface area contributed by atoms with E-state index in [1.165, 1.54) is 24.8 Å². The van der Waals surface area contributed by atoms with Gasteiger partial charge in [0, 0.05) is 6.54 Å². The molecule has 1 aromatic rings. The molecule has 0 atom stereocenters. The number of hydrogen-bond donors (Lipinski definition) is 1. The number of methoxy groups -OCH3 is 1. The van der Waals surface area contributed by atoms with E-state index in [-0.39, 0.29) is 0 Å².